The van der Waals surface area contributed by atoms with Gasteiger partial charge in [0.25, 0.3) is 5.56 Å². The van der Waals surface area contributed by atoms with E-state index in [4.69, 9.17) is 11.6 Å². The van der Waals surface area contributed by atoms with E-state index in [2.05, 4.69) is 10.5 Å². The lowest BCUT2D eigenvalue weighted by Crippen LogP contribution is -2.37. The molecule has 0 bridgehead atoms. The van der Waals surface area contributed by atoms with Gasteiger partial charge in [-0.1, -0.05) is 60.1 Å². The first-order chi connectivity index (χ1) is 14.9. The average molecular weight is 454 g/mol. The van der Waals surface area contributed by atoms with Crippen molar-refractivity contribution in [1.29, 1.82) is 0 Å². The minimum atomic E-state index is -4.04. The second-order valence-electron chi connectivity index (χ2n) is 6.73. The predicted molar refractivity (Wildman–Crippen MR) is 117 cm³/mol. The monoisotopic (exact) mass is 453 g/mol. The van der Waals surface area contributed by atoms with Crippen molar-refractivity contribution in [1.82, 2.24) is 9.89 Å². The number of rotatable bonds is 5. The van der Waals surface area contributed by atoms with E-state index < -0.39 is 21.3 Å². The Morgan fingerprint density at radius 1 is 0.935 bits per heavy atom. The quantitative estimate of drug-likeness (QED) is 0.500. The van der Waals surface area contributed by atoms with Crippen LogP contribution in [-0.4, -0.2) is 24.2 Å². The summed E-state index contributed by atoms with van der Waals surface area (Å²) in [6.45, 7) is 0. The molecule has 0 saturated heterocycles. The van der Waals surface area contributed by atoms with Crippen LogP contribution in [0.15, 0.2) is 93.6 Å². The maximum absolute atomic E-state index is 13.2. The molecule has 0 aliphatic rings. The van der Waals surface area contributed by atoms with Gasteiger partial charge in [0.05, 0.1) is 16.7 Å². The second kappa shape index (κ2) is 8.33. The Bertz CT molecular complexity index is 1450. The molecule has 4 aromatic rings. The standard InChI is InChI=1S/C22H16ClN3O4S/c23-16-8-6-7-15(13-16)14-20(27)24-26-22(28)19-12-5-4-11-18(19)21(25-26)31(29,30)17-9-2-1-3-10-17/h1-13H,14H2,(H,24,27). The van der Waals surface area contributed by atoms with Crippen LogP contribution in [0.4, 0.5) is 0 Å². The maximum Gasteiger partial charge on any atom is 0.294 e. The molecular formula is C22H16ClN3O4S. The Morgan fingerprint density at radius 3 is 2.32 bits per heavy atom. The molecule has 0 saturated carbocycles. The molecule has 1 heterocycles. The molecule has 0 aliphatic heterocycles. The molecule has 7 nitrogen and oxygen atoms in total. The number of nitrogens with one attached hydrogen (secondary N) is 1. The largest absolute Gasteiger partial charge is 0.294 e. The number of nitrogens with zero attached hydrogens (tertiary/aromatic N) is 2. The molecule has 0 unspecified atom stereocenters. The topological polar surface area (TPSA) is 98.1 Å². The minimum absolute atomic E-state index is 0.0307. The number of halogens is 1. The molecule has 0 fully saturated rings. The summed E-state index contributed by atoms with van der Waals surface area (Å²) in [4.78, 5) is 26.1. The molecule has 156 valence electrons. The summed E-state index contributed by atoms with van der Waals surface area (Å²) >= 11 is 5.94. The molecule has 1 aromatic heterocycles. The number of fused-ring (bicyclic) bond motifs is 1. The third-order valence-corrected chi connectivity index (χ3v) is 6.50. The highest BCUT2D eigenvalue weighted by Crippen LogP contribution is 2.24. The van der Waals surface area contributed by atoms with Crippen molar-refractivity contribution >= 4 is 38.1 Å². The van der Waals surface area contributed by atoms with Gasteiger partial charge in [-0.3, -0.25) is 9.59 Å². The van der Waals surface area contributed by atoms with Gasteiger partial charge in [0, 0.05) is 10.4 Å². The van der Waals surface area contributed by atoms with Crippen molar-refractivity contribution in [2.45, 2.75) is 16.3 Å². The summed E-state index contributed by atoms with van der Waals surface area (Å²) in [5.41, 5.74) is 2.38. The van der Waals surface area contributed by atoms with Crippen molar-refractivity contribution in [2.24, 2.45) is 0 Å². The van der Waals surface area contributed by atoms with Crippen molar-refractivity contribution in [2.75, 3.05) is 5.43 Å². The van der Waals surface area contributed by atoms with Crippen LogP contribution in [0.3, 0.4) is 0 Å². The van der Waals surface area contributed by atoms with Gasteiger partial charge in [0.2, 0.25) is 15.7 Å². The van der Waals surface area contributed by atoms with Crippen molar-refractivity contribution in [3.8, 4) is 0 Å². The average Bonchev–Trinajstić information content (AvgIpc) is 2.76. The molecule has 3 aromatic carbocycles. The Kier molecular flexibility index (Phi) is 5.58. The summed E-state index contributed by atoms with van der Waals surface area (Å²) in [7, 11) is -4.04. The third kappa shape index (κ3) is 4.21. The zero-order chi connectivity index (χ0) is 22.0. The molecule has 0 spiro atoms. The van der Waals surface area contributed by atoms with Gasteiger partial charge in [-0.05, 0) is 35.9 Å². The van der Waals surface area contributed by atoms with Gasteiger partial charge in [0.1, 0.15) is 0 Å². The fourth-order valence-electron chi connectivity index (χ4n) is 3.14. The van der Waals surface area contributed by atoms with Gasteiger partial charge in [-0.15, -0.1) is 9.89 Å². The van der Waals surface area contributed by atoms with Crippen LogP contribution < -0.4 is 11.0 Å². The van der Waals surface area contributed by atoms with E-state index in [0.717, 1.165) is 0 Å². The molecule has 4 rings (SSSR count). The van der Waals surface area contributed by atoms with Gasteiger partial charge in [0.15, 0.2) is 5.03 Å². The molecular weight excluding hydrogens is 438 g/mol. The van der Waals surface area contributed by atoms with Crippen LogP contribution >= 0.6 is 11.6 Å². The van der Waals surface area contributed by atoms with Crippen LogP contribution in [-0.2, 0) is 21.1 Å². The molecule has 31 heavy (non-hydrogen) atoms. The number of carbonyl (C=O) groups is 1. The van der Waals surface area contributed by atoms with E-state index in [9.17, 15) is 18.0 Å². The molecule has 0 atom stereocenters. The first-order valence-electron chi connectivity index (χ1n) is 9.23. The van der Waals surface area contributed by atoms with Crippen molar-refractivity contribution < 1.29 is 13.2 Å². The molecule has 1 amide bonds. The van der Waals surface area contributed by atoms with E-state index in [-0.39, 0.29) is 27.1 Å². The van der Waals surface area contributed by atoms with E-state index in [1.807, 2.05) is 0 Å². The highest BCUT2D eigenvalue weighted by Gasteiger charge is 2.25. The van der Waals surface area contributed by atoms with E-state index in [1.54, 1.807) is 54.6 Å². The van der Waals surface area contributed by atoms with Crippen molar-refractivity contribution in [3.63, 3.8) is 0 Å². The summed E-state index contributed by atoms with van der Waals surface area (Å²) in [6, 6.07) is 20.7. The minimum Gasteiger partial charge on any atom is -0.273 e. The smallest absolute Gasteiger partial charge is 0.273 e. The SMILES string of the molecule is O=C(Cc1cccc(Cl)c1)Nn1nc(S(=O)(=O)c2ccccc2)c2ccccc2c1=O. The zero-order valence-electron chi connectivity index (χ0n) is 16.0. The Labute approximate surface area is 182 Å². The lowest BCUT2D eigenvalue weighted by Gasteiger charge is -2.12. The summed E-state index contributed by atoms with van der Waals surface area (Å²) < 4.78 is 26.4. The second-order valence-corrected chi connectivity index (χ2v) is 9.03. The summed E-state index contributed by atoms with van der Waals surface area (Å²) in [5, 5.41) is 4.46. The molecule has 9 heteroatoms. The summed E-state index contributed by atoms with van der Waals surface area (Å²) in [5.74, 6) is -0.546. The highest BCUT2D eigenvalue weighted by atomic mass is 35.5. The fourth-order valence-corrected chi connectivity index (χ4v) is 4.74. The van der Waals surface area contributed by atoms with Gasteiger partial charge >= 0.3 is 0 Å². The summed E-state index contributed by atoms with van der Waals surface area (Å²) in [6.07, 6.45) is -0.0672. The van der Waals surface area contributed by atoms with E-state index >= 15 is 0 Å². The van der Waals surface area contributed by atoms with Crippen LogP contribution in [0, 0.1) is 0 Å². The number of aromatic nitrogens is 2. The number of carbonyl (C=O) groups excluding carboxylic acids is 1. The van der Waals surface area contributed by atoms with E-state index in [0.29, 0.717) is 15.4 Å². The van der Waals surface area contributed by atoms with Crippen molar-refractivity contribution in [3.05, 3.63) is 99.8 Å². The highest BCUT2D eigenvalue weighted by molar-refractivity contribution is 7.91. The van der Waals surface area contributed by atoms with Gasteiger partial charge in [-0.2, -0.15) is 0 Å². The molecule has 0 radical (unpaired) electrons. The molecule has 1 N–H and O–H groups in total. The number of hydrogen-bond acceptors (Lipinski definition) is 5. The van der Waals surface area contributed by atoms with Crippen LogP contribution in [0.1, 0.15) is 5.56 Å². The van der Waals surface area contributed by atoms with Gasteiger partial charge in [-0.25, -0.2) is 13.8 Å². The Morgan fingerprint density at radius 2 is 1.61 bits per heavy atom. The predicted octanol–water partition coefficient (Wildman–Crippen LogP) is 3.20. The lowest BCUT2D eigenvalue weighted by molar-refractivity contribution is -0.116. The molecule has 0 aliphatic carbocycles. The number of hydrogen-bond donors (Lipinski definition) is 1. The number of sulfone groups is 1. The number of amides is 1. The van der Waals surface area contributed by atoms with Gasteiger partial charge < -0.3 is 0 Å². The Balaban J connectivity index is 1.79. The fraction of sp³-hybridized carbons (Fsp3) is 0.0455. The third-order valence-electron chi connectivity index (χ3n) is 4.56. The first kappa shape index (κ1) is 20.8. The Hall–Kier alpha value is -3.49. The number of benzene rings is 3. The van der Waals surface area contributed by atoms with Crippen LogP contribution in [0.5, 0.6) is 0 Å². The normalized spacial score (nSPS) is 11.4. The van der Waals surface area contributed by atoms with E-state index in [1.165, 1.54) is 24.3 Å². The zero-order valence-corrected chi connectivity index (χ0v) is 17.6. The first-order valence-corrected chi connectivity index (χ1v) is 11.1. The maximum atomic E-state index is 13.2. The van der Waals surface area contributed by atoms with Crippen LogP contribution in [0.25, 0.3) is 10.8 Å². The lowest BCUT2D eigenvalue weighted by atomic mass is 10.1. The van der Waals surface area contributed by atoms with Crippen LogP contribution in [0.2, 0.25) is 5.02 Å².